The molecule has 3 aromatic carbocycles. The molecule has 0 fully saturated rings. The Kier molecular flexibility index (Phi) is 4.23. The minimum Gasteiger partial charge on any atom is -0.507 e. The largest absolute Gasteiger partial charge is 0.507 e. The molecule has 0 saturated heterocycles. The first kappa shape index (κ1) is 22.9. The molecule has 1 spiro atoms. The minimum absolute atomic E-state index is 0.0246. The second-order valence-corrected chi connectivity index (χ2v) is 9.84. The third-order valence-corrected chi connectivity index (χ3v) is 8.33. The van der Waals surface area contributed by atoms with Crippen LogP contribution in [-0.2, 0) is 14.9 Å². The number of fused-ring (bicyclic) bond motifs is 7. The van der Waals surface area contributed by atoms with Gasteiger partial charge in [0.25, 0.3) is 0 Å². The number of Topliss-reactive ketones (excluding diaryl/α,β-unsaturated/α-hetero) is 1. The SMILES string of the molecule is COC(=O)[C@@]12C(=O)c3c(O)cccc3C1=C1C=CC(=O)c3c(O)ccc(c31)[C@]21C=CC(=O)c2c(O)cccc21. The Labute approximate surface area is 220 Å². The van der Waals surface area contributed by atoms with Crippen LogP contribution in [-0.4, -0.2) is 45.7 Å². The van der Waals surface area contributed by atoms with Crippen LogP contribution in [0, 0.1) is 5.41 Å². The number of benzene rings is 3. The average molecular weight is 518 g/mol. The van der Waals surface area contributed by atoms with E-state index in [-0.39, 0.29) is 61.8 Å². The normalized spacial score (nSPS) is 23.5. The van der Waals surface area contributed by atoms with Gasteiger partial charge in [-0.1, -0.05) is 42.5 Å². The smallest absolute Gasteiger partial charge is 0.325 e. The number of phenolic OH excluding ortho intramolecular Hbond substituents is 3. The summed E-state index contributed by atoms with van der Waals surface area (Å²) in [6, 6.07) is 11.6. The number of hydrogen-bond donors (Lipinski definition) is 3. The molecule has 0 saturated carbocycles. The van der Waals surface area contributed by atoms with Crippen molar-refractivity contribution in [3.8, 4) is 17.2 Å². The van der Waals surface area contributed by atoms with E-state index in [1.165, 1.54) is 60.7 Å². The zero-order valence-corrected chi connectivity index (χ0v) is 20.3. The van der Waals surface area contributed by atoms with Crippen LogP contribution in [0.15, 0.2) is 72.8 Å². The van der Waals surface area contributed by atoms with Crippen molar-refractivity contribution in [1.29, 1.82) is 0 Å². The van der Waals surface area contributed by atoms with Gasteiger partial charge in [-0.3, -0.25) is 19.2 Å². The van der Waals surface area contributed by atoms with Gasteiger partial charge in [-0.05, 0) is 58.2 Å². The lowest BCUT2D eigenvalue weighted by Crippen LogP contribution is -2.58. The van der Waals surface area contributed by atoms with Crippen molar-refractivity contribution in [3.05, 3.63) is 112 Å². The van der Waals surface area contributed by atoms with Gasteiger partial charge >= 0.3 is 5.97 Å². The number of allylic oxidation sites excluding steroid dienone is 5. The molecule has 0 radical (unpaired) electrons. The fourth-order valence-electron chi connectivity index (χ4n) is 6.97. The number of carbonyl (C=O) groups is 4. The summed E-state index contributed by atoms with van der Waals surface area (Å²) in [6.07, 6.45) is 5.35. The van der Waals surface area contributed by atoms with E-state index < -0.39 is 34.1 Å². The summed E-state index contributed by atoms with van der Waals surface area (Å²) in [7, 11) is 1.14. The minimum atomic E-state index is -2.20. The second kappa shape index (κ2) is 7.20. The third-order valence-electron chi connectivity index (χ3n) is 8.33. The Bertz CT molecular complexity index is 1860. The lowest BCUT2D eigenvalue weighted by molar-refractivity contribution is -0.148. The molecular weight excluding hydrogens is 500 g/mol. The Balaban J connectivity index is 1.82. The number of ketones is 3. The molecule has 0 unspecified atom stereocenters. The van der Waals surface area contributed by atoms with Crippen molar-refractivity contribution >= 4 is 34.5 Å². The van der Waals surface area contributed by atoms with Crippen molar-refractivity contribution in [2.75, 3.05) is 7.11 Å². The average Bonchev–Trinajstić information content (AvgIpc) is 3.20. The van der Waals surface area contributed by atoms with Crippen molar-refractivity contribution in [2.24, 2.45) is 5.41 Å². The Morgan fingerprint density at radius 1 is 0.718 bits per heavy atom. The summed E-state index contributed by atoms with van der Waals surface area (Å²) < 4.78 is 5.34. The van der Waals surface area contributed by atoms with E-state index in [1.54, 1.807) is 12.1 Å². The number of aromatic hydroxyl groups is 3. The second-order valence-electron chi connectivity index (χ2n) is 9.84. The predicted molar refractivity (Wildman–Crippen MR) is 138 cm³/mol. The number of phenols is 3. The molecule has 3 N–H and O–H groups in total. The molecule has 4 aliphatic rings. The first-order valence-corrected chi connectivity index (χ1v) is 12.1. The monoisotopic (exact) mass is 518 g/mol. The van der Waals surface area contributed by atoms with E-state index in [0.29, 0.717) is 5.57 Å². The van der Waals surface area contributed by atoms with Gasteiger partial charge in [0, 0.05) is 5.56 Å². The van der Waals surface area contributed by atoms with Gasteiger partial charge in [0.15, 0.2) is 22.8 Å². The van der Waals surface area contributed by atoms with Crippen LogP contribution in [0.4, 0.5) is 0 Å². The molecule has 4 aliphatic carbocycles. The third kappa shape index (κ3) is 2.31. The molecule has 2 atom stereocenters. The van der Waals surface area contributed by atoms with Gasteiger partial charge in [-0.25, -0.2) is 0 Å². The molecule has 0 aromatic heterocycles. The molecular formula is C31H18O8. The Morgan fingerprint density at radius 3 is 2.10 bits per heavy atom. The summed E-state index contributed by atoms with van der Waals surface area (Å²) in [5, 5.41) is 32.5. The molecule has 0 amide bonds. The van der Waals surface area contributed by atoms with E-state index in [9.17, 15) is 34.5 Å². The van der Waals surface area contributed by atoms with Gasteiger partial charge in [0.05, 0.1) is 29.2 Å². The summed E-state index contributed by atoms with van der Waals surface area (Å²) in [5.41, 5.74) is -2.79. The van der Waals surface area contributed by atoms with E-state index >= 15 is 0 Å². The van der Waals surface area contributed by atoms with Crippen LogP contribution >= 0.6 is 0 Å². The van der Waals surface area contributed by atoms with Gasteiger partial charge in [0.2, 0.25) is 0 Å². The van der Waals surface area contributed by atoms with Gasteiger partial charge in [0.1, 0.15) is 17.2 Å². The van der Waals surface area contributed by atoms with Crippen LogP contribution < -0.4 is 0 Å². The standard InChI is InChI=1S/C31H18O8/c1-39-29(38)31-27(14-4-2-6-18(32)24(14)28(31)37)15-8-10-20(34)26-21(35)11-9-17(23(15)26)30(31)13-12-22(36)25-16(30)5-3-7-19(25)33/h2-13,32-33,35H,1H3/t30-,31+/m1/s1. The lowest BCUT2D eigenvalue weighted by atomic mass is 9.47. The lowest BCUT2D eigenvalue weighted by Gasteiger charge is -2.51. The molecule has 8 nitrogen and oxygen atoms in total. The van der Waals surface area contributed by atoms with E-state index in [4.69, 9.17) is 4.74 Å². The maximum absolute atomic E-state index is 14.7. The zero-order chi connectivity index (χ0) is 27.4. The number of methoxy groups -OCH3 is 1. The predicted octanol–water partition coefficient (Wildman–Crippen LogP) is 3.87. The molecule has 0 aliphatic heterocycles. The van der Waals surface area contributed by atoms with E-state index in [0.717, 1.165) is 7.11 Å². The van der Waals surface area contributed by atoms with Crippen molar-refractivity contribution in [3.63, 3.8) is 0 Å². The summed E-state index contributed by atoms with van der Waals surface area (Å²) >= 11 is 0. The summed E-state index contributed by atoms with van der Waals surface area (Å²) in [4.78, 5) is 55.2. The van der Waals surface area contributed by atoms with E-state index in [1.807, 2.05) is 0 Å². The number of rotatable bonds is 1. The fourth-order valence-corrected chi connectivity index (χ4v) is 6.97. The van der Waals surface area contributed by atoms with Gasteiger partial charge in [-0.15, -0.1) is 0 Å². The van der Waals surface area contributed by atoms with Crippen LogP contribution in [0.25, 0.3) is 11.1 Å². The van der Waals surface area contributed by atoms with Crippen LogP contribution in [0.2, 0.25) is 0 Å². The fraction of sp³-hybridized carbons (Fsp3) is 0.0968. The number of ether oxygens (including phenoxy) is 1. The highest BCUT2D eigenvalue weighted by atomic mass is 16.5. The molecule has 7 rings (SSSR count). The van der Waals surface area contributed by atoms with Crippen molar-refractivity contribution < 1.29 is 39.2 Å². The maximum atomic E-state index is 14.7. The topological polar surface area (TPSA) is 138 Å². The molecule has 0 heterocycles. The number of hydrogen-bond acceptors (Lipinski definition) is 8. The highest BCUT2D eigenvalue weighted by Gasteiger charge is 2.72. The molecule has 3 aromatic rings. The van der Waals surface area contributed by atoms with Crippen LogP contribution in [0.1, 0.15) is 53.3 Å². The number of carbonyl (C=O) groups excluding carboxylic acids is 4. The Hall–Kier alpha value is -5.24. The van der Waals surface area contributed by atoms with Crippen molar-refractivity contribution in [1.82, 2.24) is 0 Å². The molecule has 39 heavy (non-hydrogen) atoms. The van der Waals surface area contributed by atoms with E-state index in [2.05, 4.69) is 0 Å². The van der Waals surface area contributed by atoms with Crippen LogP contribution in [0.5, 0.6) is 17.2 Å². The molecule has 0 bridgehead atoms. The van der Waals surface area contributed by atoms with Crippen LogP contribution in [0.3, 0.4) is 0 Å². The first-order valence-electron chi connectivity index (χ1n) is 12.1. The molecule has 190 valence electrons. The highest BCUT2D eigenvalue weighted by Crippen LogP contribution is 2.69. The van der Waals surface area contributed by atoms with Gasteiger partial charge < -0.3 is 20.1 Å². The Morgan fingerprint density at radius 2 is 1.36 bits per heavy atom. The first-order chi connectivity index (χ1) is 18.7. The van der Waals surface area contributed by atoms with Gasteiger partial charge in [-0.2, -0.15) is 0 Å². The summed E-state index contributed by atoms with van der Waals surface area (Å²) in [6.45, 7) is 0. The quantitative estimate of drug-likeness (QED) is 0.326. The van der Waals surface area contributed by atoms with Crippen molar-refractivity contribution in [2.45, 2.75) is 5.41 Å². The highest BCUT2D eigenvalue weighted by molar-refractivity contribution is 6.36. The maximum Gasteiger partial charge on any atom is 0.325 e. The number of esters is 1. The summed E-state index contributed by atoms with van der Waals surface area (Å²) in [5.74, 6) is -3.75. The molecule has 8 heteroatoms. The zero-order valence-electron chi connectivity index (χ0n) is 20.3.